The van der Waals surface area contributed by atoms with Crippen LogP contribution >= 0.6 is 0 Å². The number of allylic oxidation sites excluding steroid dienone is 2. The fraction of sp³-hybridized carbons (Fsp3) is 0.700. The van der Waals surface area contributed by atoms with E-state index in [1.807, 2.05) is 0 Å². The number of carboxylic acid groups (broad SMARTS) is 1. The lowest BCUT2D eigenvalue weighted by Gasteiger charge is -2.57. The summed E-state index contributed by atoms with van der Waals surface area (Å²) < 4.78 is 5.00. The largest absolute Gasteiger partial charge is 0.481 e. The second kappa shape index (κ2) is 6.05. The van der Waals surface area contributed by atoms with Crippen molar-refractivity contribution >= 4 is 11.9 Å². The van der Waals surface area contributed by atoms with Crippen molar-refractivity contribution in [3.05, 3.63) is 23.3 Å². The van der Waals surface area contributed by atoms with E-state index in [4.69, 9.17) is 4.74 Å². The standard InChI is InChI=1S/C20H28O4/c1-13-5-4-6-16-19(13,2)10-8-15(18(22)23)20(16,3)9-7-14-11-17(21)24-12-14/h5,11,15-16H,4,6-10,12H2,1-3H3,(H,22,23). The molecule has 0 saturated heterocycles. The number of aliphatic carboxylic acids is 1. The van der Waals surface area contributed by atoms with Crippen molar-refractivity contribution in [2.75, 3.05) is 6.61 Å². The molecule has 1 N–H and O–H groups in total. The maximum absolute atomic E-state index is 12.0. The fourth-order valence-corrected chi connectivity index (χ4v) is 5.48. The molecule has 2 aliphatic carbocycles. The summed E-state index contributed by atoms with van der Waals surface area (Å²) in [4.78, 5) is 23.2. The molecular weight excluding hydrogens is 304 g/mol. The molecule has 4 nitrogen and oxygen atoms in total. The molecule has 0 aromatic rings. The second-order valence-electron chi connectivity index (χ2n) is 8.28. The quantitative estimate of drug-likeness (QED) is 0.621. The third-order valence-corrected chi connectivity index (χ3v) is 7.12. The van der Waals surface area contributed by atoms with E-state index in [0.717, 1.165) is 44.1 Å². The average molecular weight is 332 g/mol. The maximum Gasteiger partial charge on any atom is 0.331 e. The van der Waals surface area contributed by atoms with Gasteiger partial charge in [-0.1, -0.05) is 25.5 Å². The van der Waals surface area contributed by atoms with Crippen molar-refractivity contribution in [3.63, 3.8) is 0 Å². The predicted molar refractivity (Wildman–Crippen MR) is 91.3 cm³/mol. The van der Waals surface area contributed by atoms with Gasteiger partial charge in [-0.15, -0.1) is 0 Å². The van der Waals surface area contributed by atoms with E-state index in [2.05, 4.69) is 26.8 Å². The fourth-order valence-electron chi connectivity index (χ4n) is 5.48. The molecule has 4 atom stereocenters. The molecule has 1 aliphatic heterocycles. The topological polar surface area (TPSA) is 63.6 Å². The Morgan fingerprint density at radius 1 is 1.38 bits per heavy atom. The lowest BCUT2D eigenvalue weighted by Crippen LogP contribution is -2.52. The van der Waals surface area contributed by atoms with Gasteiger partial charge in [-0.2, -0.15) is 0 Å². The van der Waals surface area contributed by atoms with Crippen LogP contribution in [0.1, 0.15) is 59.3 Å². The molecular formula is C20H28O4. The molecule has 24 heavy (non-hydrogen) atoms. The lowest BCUT2D eigenvalue weighted by atomic mass is 9.46. The van der Waals surface area contributed by atoms with Crippen LogP contribution in [0.3, 0.4) is 0 Å². The van der Waals surface area contributed by atoms with Gasteiger partial charge < -0.3 is 9.84 Å². The Hall–Kier alpha value is -1.58. The summed E-state index contributed by atoms with van der Waals surface area (Å²) in [6.45, 7) is 7.07. The van der Waals surface area contributed by atoms with Crippen LogP contribution < -0.4 is 0 Å². The minimum atomic E-state index is -0.667. The summed E-state index contributed by atoms with van der Waals surface area (Å²) in [5.41, 5.74) is 2.28. The normalized spacial score (nSPS) is 38.9. The van der Waals surface area contributed by atoms with Crippen molar-refractivity contribution in [2.45, 2.75) is 59.3 Å². The molecule has 3 aliphatic rings. The summed E-state index contributed by atoms with van der Waals surface area (Å²) in [7, 11) is 0. The number of hydrogen-bond acceptors (Lipinski definition) is 3. The van der Waals surface area contributed by atoms with Gasteiger partial charge in [0.05, 0.1) is 5.92 Å². The highest BCUT2D eigenvalue weighted by Gasteiger charge is 2.56. The van der Waals surface area contributed by atoms with E-state index in [-0.39, 0.29) is 22.7 Å². The van der Waals surface area contributed by atoms with Gasteiger partial charge in [0.1, 0.15) is 6.61 Å². The first-order chi connectivity index (χ1) is 11.3. The third-order valence-electron chi connectivity index (χ3n) is 7.12. The van der Waals surface area contributed by atoms with Gasteiger partial charge >= 0.3 is 11.9 Å². The Morgan fingerprint density at radius 3 is 2.75 bits per heavy atom. The number of carbonyl (C=O) groups excluding carboxylic acids is 1. The van der Waals surface area contributed by atoms with Gasteiger partial charge in [0, 0.05) is 6.08 Å². The molecule has 1 saturated carbocycles. The minimum absolute atomic E-state index is 0.106. The highest BCUT2D eigenvalue weighted by atomic mass is 16.5. The molecule has 0 radical (unpaired) electrons. The van der Waals surface area contributed by atoms with Crippen molar-refractivity contribution in [1.29, 1.82) is 0 Å². The Kier molecular flexibility index (Phi) is 4.35. The number of esters is 1. The van der Waals surface area contributed by atoms with Crippen molar-refractivity contribution in [3.8, 4) is 0 Å². The number of carbonyl (C=O) groups is 2. The van der Waals surface area contributed by atoms with Crippen LogP contribution in [0.2, 0.25) is 0 Å². The maximum atomic E-state index is 12.0. The van der Waals surface area contributed by atoms with E-state index in [9.17, 15) is 14.7 Å². The molecule has 1 heterocycles. The smallest absolute Gasteiger partial charge is 0.331 e. The molecule has 0 spiro atoms. The van der Waals surface area contributed by atoms with Crippen LogP contribution in [0.5, 0.6) is 0 Å². The number of hydrogen-bond donors (Lipinski definition) is 1. The van der Waals surface area contributed by atoms with Gasteiger partial charge in [-0.25, -0.2) is 4.79 Å². The number of fused-ring (bicyclic) bond motifs is 1. The highest BCUT2D eigenvalue weighted by molar-refractivity contribution is 5.85. The molecule has 4 heteroatoms. The van der Waals surface area contributed by atoms with Crippen molar-refractivity contribution < 1.29 is 19.4 Å². The van der Waals surface area contributed by atoms with Gasteiger partial charge in [-0.05, 0) is 67.8 Å². The molecule has 0 aromatic heterocycles. The third kappa shape index (κ3) is 2.70. The van der Waals surface area contributed by atoms with Crippen molar-refractivity contribution in [2.24, 2.45) is 22.7 Å². The second-order valence-corrected chi connectivity index (χ2v) is 8.28. The monoisotopic (exact) mass is 332 g/mol. The first kappa shape index (κ1) is 17.2. The molecule has 1 fully saturated rings. The number of rotatable bonds is 4. The van der Waals surface area contributed by atoms with Crippen LogP contribution in [-0.4, -0.2) is 23.7 Å². The Balaban J connectivity index is 1.89. The molecule has 0 aromatic carbocycles. The Morgan fingerprint density at radius 2 is 2.12 bits per heavy atom. The van der Waals surface area contributed by atoms with E-state index >= 15 is 0 Å². The van der Waals surface area contributed by atoms with E-state index in [0.29, 0.717) is 12.5 Å². The van der Waals surface area contributed by atoms with Crippen LogP contribution in [-0.2, 0) is 14.3 Å². The zero-order valence-corrected chi connectivity index (χ0v) is 14.9. The minimum Gasteiger partial charge on any atom is -0.481 e. The predicted octanol–water partition coefficient (Wildman–Crippen LogP) is 4.11. The first-order valence-electron chi connectivity index (χ1n) is 9.03. The molecule has 3 rings (SSSR count). The average Bonchev–Trinajstić information content (AvgIpc) is 2.93. The zero-order valence-electron chi connectivity index (χ0n) is 14.9. The molecule has 4 unspecified atom stereocenters. The molecule has 0 bridgehead atoms. The molecule has 0 amide bonds. The summed E-state index contributed by atoms with van der Waals surface area (Å²) in [5.74, 6) is -0.863. The van der Waals surface area contributed by atoms with Crippen LogP contribution in [0.25, 0.3) is 0 Å². The van der Waals surface area contributed by atoms with Gasteiger partial charge in [0.2, 0.25) is 0 Å². The van der Waals surface area contributed by atoms with Crippen LogP contribution in [0, 0.1) is 22.7 Å². The number of cyclic esters (lactones) is 1. The zero-order chi connectivity index (χ0) is 17.5. The lowest BCUT2D eigenvalue weighted by molar-refractivity contribution is -0.156. The SMILES string of the molecule is CC1=CCCC2C1(C)CCC(C(=O)O)C2(C)CCC1=CC(=O)OC1. The van der Waals surface area contributed by atoms with Crippen LogP contribution in [0.4, 0.5) is 0 Å². The van der Waals surface area contributed by atoms with E-state index in [1.165, 1.54) is 5.57 Å². The Labute approximate surface area is 144 Å². The van der Waals surface area contributed by atoms with E-state index < -0.39 is 5.97 Å². The highest BCUT2D eigenvalue weighted by Crippen LogP contribution is 2.62. The first-order valence-corrected chi connectivity index (χ1v) is 9.03. The summed E-state index contributed by atoms with van der Waals surface area (Å²) in [6.07, 6.45) is 9.26. The summed E-state index contributed by atoms with van der Waals surface area (Å²) in [5, 5.41) is 9.84. The Bertz CT molecular complexity index is 617. The van der Waals surface area contributed by atoms with Crippen LogP contribution in [0.15, 0.2) is 23.3 Å². The van der Waals surface area contributed by atoms with Gasteiger partial charge in [-0.3, -0.25) is 4.79 Å². The van der Waals surface area contributed by atoms with Gasteiger partial charge in [0.25, 0.3) is 0 Å². The number of carboxylic acids is 1. The van der Waals surface area contributed by atoms with Crippen molar-refractivity contribution in [1.82, 2.24) is 0 Å². The van der Waals surface area contributed by atoms with E-state index in [1.54, 1.807) is 6.08 Å². The summed E-state index contributed by atoms with van der Waals surface area (Å²) >= 11 is 0. The number of ether oxygens (including phenoxy) is 1. The van der Waals surface area contributed by atoms with Gasteiger partial charge in [0.15, 0.2) is 0 Å². The molecule has 132 valence electrons. The summed E-state index contributed by atoms with van der Waals surface area (Å²) in [6, 6.07) is 0.